The van der Waals surface area contributed by atoms with Gasteiger partial charge in [0.1, 0.15) is 24.5 Å². The number of carbonyl (C=O) groups excluding carboxylic acids is 1. The molecule has 9 nitrogen and oxygen atoms in total. The van der Waals surface area contributed by atoms with Crippen LogP contribution in [-0.2, 0) is 27.2 Å². The van der Waals surface area contributed by atoms with Gasteiger partial charge in [0.25, 0.3) is 0 Å². The van der Waals surface area contributed by atoms with Gasteiger partial charge in [0, 0.05) is 18.2 Å². The molecule has 3 heterocycles. The van der Waals surface area contributed by atoms with E-state index in [1.54, 1.807) is 17.6 Å². The SMILES string of the molecule is CC(COc1ccc2c(c1)CCn1c-2cc(OC(C2=CC=CCC2)C2=COC=CO2)nc1=O)C(N)=O. The minimum Gasteiger partial charge on any atom is -0.493 e. The van der Waals surface area contributed by atoms with Crippen molar-refractivity contribution in [1.82, 2.24) is 9.55 Å². The van der Waals surface area contributed by atoms with E-state index in [9.17, 15) is 9.59 Å². The average molecular weight is 490 g/mol. The minimum absolute atomic E-state index is 0.203. The third kappa shape index (κ3) is 4.91. The first-order valence-corrected chi connectivity index (χ1v) is 11.9. The molecule has 3 aliphatic rings. The molecule has 0 spiro atoms. The summed E-state index contributed by atoms with van der Waals surface area (Å²) in [5.74, 6) is 0.532. The molecule has 9 heteroatoms. The molecule has 0 bridgehead atoms. The molecule has 0 radical (unpaired) electrons. The van der Waals surface area contributed by atoms with Crippen LogP contribution in [0, 0.1) is 5.92 Å². The molecule has 0 saturated carbocycles. The molecule has 2 aromatic rings. The third-order valence-corrected chi connectivity index (χ3v) is 6.33. The standard InChI is InChI=1S/C27H27N3O6/c1-17(26(28)31)15-35-20-7-8-21-19(13-20)9-10-30-22(21)14-24(29-27(30)32)36-25(18-5-3-2-4-6-18)23-16-33-11-12-34-23/h2-3,5,7-8,11-14,16-17,25H,4,6,9-10,15H2,1H3,(H2,28,31). The Morgan fingerprint density at radius 3 is 2.89 bits per heavy atom. The zero-order valence-electron chi connectivity index (χ0n) is 19.9. The fourth-order valence-corrected chi connectivity index (χ4v) is 4.31. The average Bonchev–Trinajstić information content (AvgIpc) is 2.91. The molecule has 5 rings (SSSR count). The summed E-state index contributed by atoms with van der Waals surface area (Å²) in [7, 11) is 0. The molecular weight excluding hydrogens is 462 g/mol. The number of nitrogens with zero attached hydrogens (tertiary/aromatic N) is 2. The molecule has 1 amide bonds. The number of nitrogens with two attached hydrogens (primary N) is 1. The number of rotatable bonds is 8. The Morgan fingerprint density at radius 1 is 1.25 bits per heavy atom. The summed E-state index contributed by atoms with van der Waals surface area (Å²) in [5, 5.41) is 0. The summed E-state index contributed by atoms with van der Waals surface area (Å²) in [5.41, 5.74) is 8.59. The zero-order valence-corrected chi connectivity index (χ0v) is 19.9. The lowest BCUT2D eigenvalue weighted by Gasteiger charge is -2.26. The molecule has 1 aliphatic carbocycles. The van der Waals surface area contributed by atoms with Crippen LogP contribution in [-0.4, -0.2) is 28.2 Å². The molecule has 2 atom stereocenters. The fraction of sp³-hybridized carbons (Fsp3) is 0.296. The van der Waals surface area contributed by atoms with Gasteiger partial charge in [-0.1, -0.05) is 25.2 Å². The second-order valence-corrected chi connectivity index (χ2v) is 8.85. The molecule has 2 aliphatic heterocycles. The van der Waals surface area contributed by atoms with Gasteiger partial charge in [-0.05, 0) is 48.6 Å². The van der Waals surface area contributed by atoms with Crippen LogP contribution in [0.1, 0.15) is 25.3 Å². The van der Waals surface area contributed by atoms with E-state index in [0.29, 0.717) is 30.2 Å². The Hall–Kier alpha value is -4.27. The molecule has 0 saturated heterocycles. The van der Waals surface area contributed by atoms with Gasteiger partial charge in [0.15, 0.2) is 11.9 Å². The first kappa shape index (κ1) is 23.5. The quantitative estimate of drug-likeness (QED) is 0.605. The van der Waals surface area contributed by atoms with Crippen molar-refractivity contribution in [2.24, 2.45) is 11.7 Å². The third-order valence-electron chi connectivity index (χ3n) is 6.33. The number of amides is 1. The van der Waals surface area contributed by atoms with Crippen molar-refractivity contribution in [3.8, 4) is 22.9 Å². The van der Waals surface area contributed by atoms with Gasteiger partial charge in [-0.15, -0.1) is 0 Å². The van der Waals surface area contributed by atoms with E-state index < -0.39 is 17.9 Å². The number of primary amides is 1. The van der Waals surface area contributed by atoms with Crippen molar-refractivity contribution in [2.45, 2.75) is 38.8 Å². The highest BCUT2D eigenvalue weighted by Gasteiger charge is 2.27. The highest BCUT2D eigenvalue weighted by atomic mass is 16.6. The molecule has 1 aromatic carbocycles. The van der Waals surface area contributed by atoms with Crippen LogP contribution in [0.3, 0.4) is 0 Å². The van der Waals surface area contributed by atoms with Crippen molar-refractivity contribution in [2.75, 3.05) is 6.61 Å². The van der Waals surface area contributed by atoms with Gasteiger partial charge >= 0.3 is 5.69 Å². The molecular formula is C27H27N3O6. The number of fused-ring (bicyclic) bond motifs is 3. The number of hydrogen-bond acceptors (Lipinski definition) is 7. The molecule has 0 fully saturated rings. The molecule has 36 heavy (non-hydrogen) atoms. The summed E-state index contributed by atoms with van der Waals surface area (Å²) in [6.45, 7) is 2.42. The number of allylic oxidation sites excluding steroid dienone is 3. The van der Waals surface area contributed by atoms with E-state index >= 15 is 0 Å². The van der Waals surface area contributed by atoms with Crippen LogP contribution in [0.15, 0.2) is 77.4 Å². The van der Waals surface area contributed by atoms with Gasteiger partial charge < -0.3 is 24.7 Å². The van der Waals surface area contributed by atoms with Crippen LogP contribution in [0.4, 0.5) is 0 Å². The Morgan fingerprint density at radius 2 is 2.14 bits per heavy atom. The van der Waals surface area contributed by atoms with E-state index in [2.05, 4.69) is 11.1 Å². The van der Waals surface area contributed by atoms with Gasteiger partial charge in [-0.25, -0.2) is 4.79 Å². The summed E-state index contributed by atoms with van der Waals surface area (Å²) in [6.07, 6.45) is 12.2. The Bertz CT molecular complexity index is 1350. The number of hydrogen-bond donors (Lipinski definition) is 1. The van der Waals surface area contributed by atoms with E-state index in [-0.39, 0.29) is 18.2 Å². The lowest BCUT2D eigenvalue weighted by molar-refractivity contribution is -0.122. The monoisotopic (exact) mass is 489 g/mol. The second-order valence-electron chi connectivity index (χ2n) is 8.85. The van der Waals surface area contributed by atoms with E-state index in [1.165, 1.54) is 18.8 Å². The van der Waals surface area contributed by atoms with E-state index in [1.807, 2.05) is 30.4 Å². The second kappa shape index (κ2) is 10.2. The first-order chi connectivity index (χ1) is 17.5. The van der Waals surface area contributed by atoms with Crippen LogP contribution in [0.2, 0.25) is 0 Å². The lowest BCUT2D eigenvalue weighted by Crippen LogP contribution is -2.31. The molecule has 2 unspecified atom stereocenters. The summed E-state index contributed by atoms with van der Waals surface area (Å²) in [6, 6.07) is 7.44. The Balaban J connectivity index is 1.44. The van der Waals surface area contributed by atoms with Crippen molar-refractivity contribution in [3.63, 3.8) is 0 Å². The highest BCUT2D eigenvalue weighted by molar-refractivity contribution is 5.76. The molecule has 2 N–H and O–H groups in total. The van der Waals surface area contributed by atoms with Crippen molar-refractivity contribution < 1.29 is 23.7 Å². The summed E-state index contributed by atoms with van der Waals surface area (Å²) < 4.78 is 24.6. The Labute approximate surface area is 208 Å². The number of ether oxygens (including phenoxy) is 4. The molecule has 1 aromatic heterocycles. The highest BCUT2D eigenvalue weighted by Crippen LogP contribution is 2.34. The van der Waals surface area contributed by atoms with Gasteiger partial charge in [0.05, 0.1) is 18.2 Å². The predicted octanol–water partition coefficient (Wildman–Crippen LogP) is 3.35. The van der Waals surface area contributed by atoms with E-state index in [4.69, 9.17) is 24.7 Å². The number of benzene rings is 1. The first-order valence-electron chi connectivity index (χ1n) is 11.9. The lowest BCUT2D eigenvalue weighted by atomic mass is 9.97. The van der Waals surface area contributed by atoms with E-state index in [0.717, 1.165) is 29.5 Å². The van der Waals surface area contributed by atoms with Crippen molar-refractivity contribution >= 4 is 5.91 Å². The number of aryl methyl sites for hydroxylation is 1. The topological polar surface area (TPSA) is 115 Å². The maximum absolute atomic E-state index is 12.9. The minimum atomic E-state index is -0.582. The number of carbonyl (C=O) groups is 1. The van der Waals surface area contributed by atoms with Gasteiger partial charge in [-0.2, -0.15) is 4.98 Å². The number of aromatic nitrogens is 2. The Kier molecular flexibility index (Phi) is 6.62. The summed E-state index contributed by atoms with van der Waals surface area (Å²) in [4.78, 5) is 28.4. The van der Waals surface area contributed by atoms with Gasteiger partial charge in [-0.3, -0.25) is 9.36 Å². The van der Waals surface area contributed by atoms with Gasteiger partial charge in [0.2, 0.25) is 11.8 Å². The maximum Gasteiger partial charge on any atom is 0.351 e. The molecule has 186 valence electrons. The van der Waals surface area contributed by atoms with Crippen LogP contribution < -0.4 is 20.9 Å². The van der Waals surface area contributed by atoms with Crippen molar-refractivity contribution in [3.05, 3.63) is 88.7 Å². The smallest absolute Gasteiger partial charge is 0.351 e. The largest absolute Gasteiger partial charge is 0.493 e. The van der Waals surface area contributed by atoms with Crippen LogP contribution >= 0.6 is 0 Å². The van der Waals surface area contributed by atoms with Crippen LogP contribution in [0.25, 0.3) is 11.3 Å². The normalized spacial score (nSPS) is 17.4. The predicted molar refractivity (Wildman–Crippen MR) is 132 cm³/mol. The van der Waals surface area contributed by atoms with Crippen LogP contribution in [0.5, 0.6) is 11.6 Å². The van der Waals surface area contributed by atoms with Crippen molar-refractivity contribution in [1.29, 1.82) is 0 Å². The summed E-state index contributed by atoms with van der Waals surface area (Å²) >= 11 is 0. The zero-order chi connectivity index (χ0) is 25.1. The maximum atomic E-state index is 12.9. The fourth-order valence-electron chi connectivity index (χ4n) is 4.31.